The molecule has 2 heterocycles. The van der Waals surface area contributed by atoms with Crippen molar-refractivity contribution in [1.82, 2.24) is 15.2 Å². The van der Waals surface area contributed by atoms with Crippen LogP contribution in [0.4, 0.5) is 5.82 Å². The second-order valence-electron chi connectivity index (χ2n) is 9.39. The first-order valence-electron chi connectivity index (χ1n) is 10.4. The number of pyridine rings is 1. The van der Waals surface area contributed by atoms with Crippen LogP contribution in [0.25, 0.3) is 0 Å². The highest BCUT2D eigenvalue weighted by Gasteiger charge is 2.47. The molecule has 0 radical (unpaired) electrons. The molecule has 3 atom stereocenters. The van der Waals surface area contributed by atoms with Gasteiger partial charge in [0.1, 0.15) is 16.6 Å². The molecule has 8 nitrogen and oxygen atoms in total. The maximum atomic E-state index is 13.1. The van der Waals surface area contributed by atoms with Crippen LogP contribution in [0, 0.1) is 11.3 Å². The molecule has 1 aliphatic heterocycles. The van der Waals surface area contributed by atoms with Gasteiger partial charge in [0, 0.05) is 37.2 Å². The number of aliphatic hydroxyl groups is 2. The third kappa shape index (κ3) is 5.04. The zero-order valence-corrected chi connectivity index (χ0v) is 18.3. The van der Waals surface area contributed by atoms with Gasteiger partial charge in [-0.15, -0.1) is 0 Å². The van der Waals surface area contributed by atoms with E-state index in [1.54, 1.807) is 4.90 Å². The summed E-state index contributed by atoms with van der Waals surface area (Å²) in [6, 6.07) is 2.56. The van der Waals surface area contributed by atoms with Crippen molar-refractivity contribution in [1.29, 1.82) is 0 Å². The SMILES string of the molecule is CC1(C)CCCC(O)(C(=O)N2CC[C@@H](NC(=O)c3cc(N)nc(Cl)c3)[C@H](CO)C2)C1. The second-order valence-corrected chi connectivity index (χ2v) is 9.78. The number of hydrogen-bond donors (Lipinski definition) is 4. The van der Waals surface area contributed by atoms with Gasteiger partial charge in [0.25, 0.3) is 11.8 Å². The average molecular weight is 439 g/mol. The smallest absolute Gasteiger partial charge is 0.254 e. The molecule has 2 fully saturated rings. The Hall–Kier alpha value is -1.90. The Morgan fingerprint density at radius 3 is 2.73 bits per heavy atom. The topological polar surface area (TPSA) is 129 Å². The van der Waals surface area contributed by atoms with Crippen molar-refractivity contribution in [3.8, 4) is 0 Å². The summed E-state index contributed by atoms with van der Waals surface area (Å²) in [6.07, 6.45) is 3.17. The van der Waals surface area contributed by atoms with Crippen molar-refractivity contribution in [2.24, 2.45) is 11.3 Å². The van der Waals surface area contributed by atoms with E-state index in [0.717, 1.165) is 12.8 Å². The lowest BCUT2D eigenvalue weighted by Crippen LogP contribution is -2.59. The first-order chi connectivity index (χ1) is 14.0. The van der Waals surface area contributed by atoms with Gasteiger partial charge in [-0.2, -0.15) is 0 Å². The summed E-state index contributed by atoms with van der Waals surface area (Å²) in [5.41, 5.74) is 4.50. The molecule has 1 aromatic rings. The van der Waals surface area contributed by atoms with Gasteiger partial charge in [0.2, 0.25) is 0 Å². The lowest BCUT2D eigenvalue weighted by molar-refractivity contribution is -0.161. The second kappa shape index (κ2) is 8.69. The van der Waals surface area contributed by atoms with Gasteiger partial charge in [0.15, 0.2) is 0 Å². The van der Waals surface area contributed by atoms with Gasteiger partial charge >= 0.3 is 0 Å². The molecule has 0 aromatic carbocycles. The number of rotatable bonds is 4. The van der Waals surface area contributed by atoms with E-state index in [0.29, 0.717) is 31.4 Å². The van der Waals surface area contributed by atoms with Crippen LogP contribution in [0.2, 0.25) is 5.15 Å². The molecule has 166 valence electrons. The first kappa shape index (κ1) is 22.8. The molecule has 30 heavy (non-hydrogen) atoms. The highest BCUT2D eigenvalue weighted by atomic mass is 35.5. The third-order valence-electron chi connectivity index (χ3n) is 6.26. The minimum Gasteiger partial charge on any atom is -0.396 e. The number of nitrogen functional groups attached to an aromatic ring is 1. The van der Waals surface area contributed by atoms with Crippen LogP contribution in [-0.2, 0) is 4.79 Å². The van der Waals surface area contributed by atoms with Gasteiger partial charge in [-0.3, -0.25) is 9.59 Å². The van der Waals surface area contributed by atoms with Crippen molar-refractivity contribution in [2.45, 2.75) is 57.6 Å². The predicted octanol–water partition coefficient (Wildman–Crippen LogP) is 1.59. The molecule has 9 heteroatoms. The van der Waals surface area contributed by atoms with Gasteiger partial charge in [0.05, 0.1) is 0 Å². The summed E-state index contributed by atoms with van der Waals surface area (Å²) in [6.45, 7) is 4.64. The Morgan fingerprint density at radius 2 is 2.10 bits per heavy atom. The monoisotopic (exact) mass is 438 g/mol. The molecule has 2 aliphatic rings. The van der Waals surface area contributed by atoms with E-state index in [4.69, 9.17) is 17.3 Å². The number of amides is 2. The zero-order valence-electron chi connectivity index (χ0n) is 17.5. The van der Waals surface area contributed by atoms with Crippen LogP contribution >= 0.6 is 11.6 Å². The molecule has 0 bridgehead atoms. The van der Waals surface area contributed by atoms with E-state index < -0.39 is 5.60 Å². The van der Waals surface area contributed by atoms with Gasteiger partial charge in [-0.05, 0) is 49.7 Å². The first-order valence-corrected chi connectivity index (χ1v) is 10.8. The minimum atomic E-state index is -1.36. The molecule has 1 aliphatic carbocycles. The largest absolute Gasteiger partial charge is 0.396 e. The van der Waals surface area contributed by atoms with Crippen LogP contribution in [0.3, 0.4) is 0 Å². The zero-order chi connectivity index (χ0) is 22.1. The van der Waals surface area contributed by atoms with Crippen LogP contribution in [-0.4, -0.2) is 63.3 Å². The van der Waals surface area contributed by atoms with Gasteiger partial charge < -0.3 is 26.2 Å². The number of halogens is 1. The van der Waals surface area contributed by atoms with Crippen molar-refractivity contribution >= 4 is 29.2 Å². The Morgan fingerprint density at radius 1 is 1.37 bits per heavy atom. The number of anilines is 1. The minimum absolute atomic E-state index is 0.0843. The number of aromatic nitrogens is 1. The number of aliphatic hydroxyl groups excluding tert-OH is 1. The fourth-order valence-electron chi connectivity index (χ4n) is 4.80. The van der Waals surface area contributed by atoms with E-state index in [1.165, 1.54) is 12.1 Å². The highest BCUT2D eigenvalue weighted by Crippen LogP contribution is 2.42. The van der Waals surface area contributed by atoms with Crippen LogP contribution in [0.1, 0.15) is 56.3 Å². The third-order valence-corrected chi connectivity index (χ3v) is 6.45. The van der Waals surface area contributed by atoms with Gasteiger partial charge in [-0.25, -0.2) is 4.98 Å². The summed E-state index contributed by atoms with van der Waals surface area (Å²) < 4.78 is 0. The van der Waals surface area contributed by atoms with E-state index in [9.17, 15) is 19.8 Å². The van der Waals surface area contributed by atoms with E-state index in [-0.39, 0.29) is 53.3 Å². The number of piperidine rings is 1. The molecular weight excluding hydrogens is 408 g/mol. The summed E-state index contributed by atoms with van der Waals surface area (Å²) in [4.78, 5) is 31.2. The Kier molecular flexibility index (Phi) is 6.60. The molecule has 0 spiro atoms. The molecular formula is C21H31ClN4O4. The van der Waals surface area contributed by atoms with Crippen molar-refractivity contribution in [3.05, 3.63) is 22.8 Å². The predicted molar refractivity (Wildman–Crippen MR) is 114 cm³/mol. The summed E-state index contributed by atoms with van der Waals surface area (Å²) >= 11 is 5.87. The van der Waals surface area contributed by atoms with Crippen LogP contribution < -0.4 is 11.1 Å². The number of carbonyl (C=O) groups excluding carboxylic acids is 2. The van der Waals surface area contributed by atoms with Crippen molar-refractivity contribution < 1.29 is 19.8 Å². The van der Waals surface area contributed by atoms with Crippen LogP contribution in [0.5, 0.6) is 0 Å². The normalized spacial score (nSPS) is 28.8. The summed E-state index contributed by atoms with van der Waals surface area (Å²) in [5, 5.41) is 24.0. The van der Waals surface area contributed by atoms with E-state index >= 15 is 0 Å². The van der Waals surface area contributed by atoms with Gasteiger partial charge in [-0.1, -0.05) is 25.4 Å². The molecule has 1 saturated carbocycles. The standard InChI is InChI=1S/C21H31ClN4O4/c1-20(2)5-3-6-21(30,12-20)19(29)26-7-4-15(14(10-26)11-27)24-18(28)13-8-16(22)25-17(23)9-13/h8-9,14-15,27,30H,3-7,10-12H2,1-2H3,(H2,23,25)(H,24,28)/t14-,15+,21?/m0/s1. The maximum absolute atomic E-state index is 13.1. The number of nitrogens with two attached hydrogens (primary N) is 1. The van der Waals surface area contributed by atoms with Crippen molar-refractivity contribution in [3.63, 3.8) is 0 Å². The van der Waals surface area contributed by atoms with E-state index in [1.807, 2.05) is 0 Å². The number of carbonyl (C=O) groups is 2. The quantitative estimate of drug-likeness (QED) is 0.528. The number of hydrogen-bond acceptors (Lipinski definition) is 6. The van der Waals surface area contributed by atoms with E-state index in [2.05, 4.69) is 24.1 Å². The molecule has 5 N–H and O–H groups in total. The lowest BCUT2D eigenvalue weighted by Gasteiger charge is -2.45. The Labute approximate surface area is 181 Å². The lowest BCUT2D eigenvalue weighted by atomic mass is 9.69. The van der Waals surface area contributed by atoms with Crippen molar-refractivity contribution in [2.75, 3.05) is 25.4 Å². The fraction of sp³-hybridized carbons (Fsp3) is 0.667. The highest BCUT2D eigenvalue weighted by molar-refractivity contribution is 6.29. The summed E-state index contributed by atoms with van der Waals surface area (Å²) in [7, 11) is 0. The number of nitrogens with one attached hydrogen (secondary N) is 1. The fourth-order valence-corrected chi connectivity index (χ4v) is 5.01. The number of nitrogens with zero attached hydrogens (tertiary/aromatic N) is 2. The maximum Gasteiger partial charge on any atom is 0.254 e. The molecule has 1 saturated heterocycles. The number of likely N-dealkylation sites (tertiary alicyclic amines) is 1. The Balaban J connectivity index is 1.66. The molecule has 3 rings (SSSR count). The average Bonchev–Trinajstić information content (AvgIpc) is 2.66. The Bertz CT molecular complexity index is 798. The van der Waals surface area contributed by atoms with Crippen LogP contribution in [0.15, 0.2) is 12.1 Å². The molecule has 1 unspecified atom stereocenters. The molecule has 2 amide bonds. The molecule has 1 aromatic heterocycles. The summed E-state index contributed by atoms with van der Waals surface area (Å²) in [5.74, 6) is -0.814.